The largest absolute Gasteiger partial charge is 0.297 e. The van der Waals surface area contributed by atoms with Gasteiger partial charge >= 0.3 is 0 Å². The maximum atomic E-state index is 4.80. The molecule has 0 saturated carbocycles. The van der Waals surface area contributed by atoms with E-state index in [1.807, 2.05) is 6.07 Å². The fraction of sp³-hybridized carbons (Fsp3) is 0.0192. The van der Waals surface area contributed by atoms with Gasteiger partial charge in [-0.1, -0.05) is 140 Å². The summed E-state index contributed by atoms with van der Waals surface area (Å²) in [5.41, 5.74) is 8.15. The van der Waals surface area contributed by atoms with E-state index in [2.05, 4.69) is 181 Å². The highest BCUT2D eigenvalue weighted by atomic mass is 15.1. The first-order chi connectivity index (χ1) is 26.7. The van der Waals surface area contributed by atoms with Crippen molar-refractivity contribution in [3.8, 4) is 27.9 Å². The summed E-state index contributed by atoms with van der Waals surface area (Å²) in [7, 11) is 0. The van der Waals surface area contributed by atoms with Gasteiger partial charge in [0.05, 0.1) is 11.0 Å². The van der Waals surface area contributed by atoms with Gasteiger partial charge < -0.3 is 0 Å². The fourth-order valence-corrected chi connectivity index (χ4v) is 9.50. The topological polar surface area (TPSA) is 17.8 Å². The Labute approximate surface area is 311 Å². The maximum Gasteiger partial charge on any atom is 0.111 e. The lowest BCUT2D eigenvalue weighted by molar-refractivity contribution is 1.00. The van der Waals surface area contributed by atoms with Gasteiger partial charge in [0.15, 0.2) is 0 Å². The predicted molar refractivity (Wildman–Crippen MR) is 230 cm³/mol. The minimum Gasteiger partial charge on any atom is -0.297 e. The number of nitrogens with zero attached hydrogens (tertiary/aromatic N) is 2. The average molecular weight is 685 g/mol. The molecule has 0 bridgehead atoms. The van der Waals surface area contributed by atoms with Crippen molar-refractivity contribution in [2.75, 3.05) is 0 Å². The Bertz CT molecular complexity index is 3490. The van der Waals surface area contributed by atoms with Crippen molar-refractivity contribution in [2.24, 2.45) is 0 Å². The second-order valence-corrected chi connectivity index (χ2v) is 14.7. The molecular weight excluding hydrogens is 653 g/mol. The molecule has 0 amide bonds. The van der Waals surface area contributed by atoms with Gasteiger partial charge in [0, 0.05) is 5.69 Å². The molecule has 0 aliphatic carbocycles. The Kier molecular flexibility index (Phi) is 6.01. The molecule has 0 atom stereocenters. The third-order valence-corrected chi connectivity index (χ3v) is 11.8. The van der Waals surface area contributed by atoms with Crippen LogP contribution in [-0.4, -0.2) is 9.55 Å². The quantitative estimate of drug-likeness (QED) is 0.169. The van der Waals surface area contributed by atoms with Gasteiger partial charge in [0.25, 0.3) is 0 Å². The van der Waals surface area contributed by atoms with Crippen molar-refractivity contribution >= 4 is 86.4 Å². The summed E-state index contributed by atoms with van der Waals surface area (Å²) in [6.45, 7) is 2.07. The zero-order valence-corrected chi connectivity index (χ0v) is 29.6. The number of benzene rings is 10. The van der Waals surface area contributed by atoms with E-state index in [0.717, 1.165) is 22.5 Å². The molecule has 0 aliphatic heterocycles. The minimum absolute atomic E-state index is 0.987. The van der Waals surface area contributed by atoms with E-state index in [4.69, 9.17) is 4.98 Å². The highest BCUT2D eigenvalue weighted by Gasteiger charge is 2.18. The van der Waals surface area contributed by atoms with Crippen LogP contribution in [-0.2, 0) is 0 Å². The van der Waals surface area contributed by atoms with Crippen molar-refractivity contribution < 1.29 is 0 Å². The van der Waals surface area contributed by atoms with Crippen molar-refractivity contribution in [1.29, 1.82) is 0 Å². The third kappa shape index (κ3) is 4.08. The highest BCUT2D eigenvalue weighted by molar-refractivity contribution is 6.37. The molecule has 0 spiro atoms. The molecule has 0 radical (unpaired) electrons. The number of aryl methyl sites for hydroxylation is 1. The molecule has 0 saturated heterocycles. The molecule has 1 aromatic heterocycles. The van der Waals surface area contributed by atoms with E-state index in [-0.39, 0.29) is 0 Å². The van der Waals surface area contributed by atoms with Gasteiger partial charge in [0.1, 0.15) is 5.82 Å². The summed E-state index contributed by atoms with van der Waals surface area (Å²) in [4.78, 5) is 4.80. The fourth-order valence-electron chi connectivity index (χ4n) is 9.50. The van der Waals surface area contributed by atoms with Crippen molar-refractivity contribution in [2.45, 2.75) is 6.92 Å². The molecule has 250 valence electrons. The first kappa shape index (κ1) is 29.5. The summed E-state index contributed by atoms with van der Waals surface area (Å²) < 4.78 is 2.24. The Morgan fingerprint density at radius 1 is 0.370 bits per heavy atom. The van der Waals surface area contributed by atoms with Crippen LogP contribution in [0, 0.1) is 6.92 Å². The average Bonchev–Trinajstić information content (AvgIpc) is 3.57. The molecule has 11 aromatic carbocycles. The molecule has 2 heteroatoms. The third-order valence-electron chi connectivity index (χ3n) is 11.8. The first-order valence-electron chi connectivity index (χ1n) is 18.7. The summed E-state index contributed by atoms with van der Waals surface area (Å²) in [5, 5.41) is 18.1. The predicted octanol–water partition coefficient (Wildman–Crippen LogP) is 14.2. The van der Waals surface area contributed by atoms with Gasteiger partial charge in [-0.15, -0.1) is 0 Å². The highest BCUT2D eigenvalue weighted by Crippen LogP contribution is 2.45. The van der Waals surface area contributed by atoms with Crippen molar-refractivity contribution in [3.05, 3.63) is 182 Å². The van der Waals surface area contributed by atoms with Gasteiger partial charge in [-0.3, -0.25) is 4.57 Å². The zero-order valence-electron chi connectivity index (χ0n) is 29.6. The normalized spacial score (nSPS) is 12.2. The Balaban J connectivity index is 1.11. The number of aromatic nitrogens is 2. The summed E-state index contributed by atoms with van der Waals surface area (Å²) in [6, 6.07) is 65.3. The zero-order chi connectivity index (χ0) is 35.5. The van der Waals surface area contributed by atoms with E-state index in [9.17, 15) is 0 Å². The molecule has 0 N–H and O–H groups in total. The lowest BCUT2D eigenvalue weighted by Gasteiger charge is -2.18. The van der Waals surface area contributed by atoms with Gasteiger partial charge in [0.2, 0.25) is 0 Å². The molecule has 0 fully saturated rings. The summed E-state index contributed by atoms with van der Waals surface area (Å²) >= 11 is 0. The molecule has 12 rings (SSSR count). The molecule has 1 heterocycles. The summed E-state index contributed by atoms with van der Waals surface area (Å²) in [6.07, 6.45) is 0. The Morgan fingerprint density at radius 2 is 0.870 bits per heavy atom. The van der Waals surface area contributed by atoms with Crippen molar-refractivity contribution in [3.63, 3.8) is 0 Å². The van der Waals surface area contributed by atoms with Gasteiger partial charge in [-0.2, -0.15) is 0 Å². The second kappa shape index (κ2) is 11.0. The van der Waals surface area contributed by atoms with Crippen LogP contribution in [0.2, 0.25) is 0 Å². The molecule has 2 nitrogen and oxygen atoms in total. The van der Waals surface area contributed by atoms with E-state index >= 15 is 0 Å². The van der Waals surface area contributed by atoms with Crippen LogP contribution in [0.25, 0.3) is 114 Å². The van der Waals surface area contributed by atoms with E-state index in [0.29, 0.717) is 0 Å². The van der Waals surface area contributed by atoms with E-state index < -0.39 is 0 Å². The molecular formula is C52H32N2. The van der Waals surface area contributed by atoms with Crippen LogP contribution in [0.5, 0.6) is 0 Å². The smallest absolute Gasteiger partial charge is 0.111 e. The minimum atomic E-state index is 0.987. The second-order valence-electron chi connectivity index (χ2n) is 14.7. The lowest BCUT2D eigenvalue weighted by Crippen LogP contribution is -1.96. The lowest BCUT2D eigenvalue weighted by atomic mass is 9.85. The molecule has 54 heavy (non-hydrogen) atoms. The number of imidazole rings is 1. The number of rotatable bonds is 3. The van der Waals surface area contributed by atoms with Crippen LogP contribution in [0.15, 0.2) is 176 Å². The van der Waals surface area contributed by atoms with Crippen LogP contribution in [0.4, 0.5) is 0 Å². The van der Waals surface area contributed by atoms with Gasteiger partial charge in [-0.05, 0) is 141 Å². The Hall–Kier alpha value is -7.03. The van der Waals surface area contributed by atoms with E-state index in [1.54, 1.807) is 0 Å². The molecule has 0 aliphatic rings. The van der Waals surface area contributed by atoms with Crippen LogP contribution >= 0.6 is 0 Å². The molecule has 12 aromatic rings. The number of hydrogen-bond donors (Lipinski definition) is 0. The van der Waals surface area contributed by atoms with Crippen molar-refractivity contribution in [1.82, 2.24) is 9.55 Å². The number of para-hydroxylation sites is 2. The SMILES string of the molecule is Cc1nc2ccccc2n1-c1ccc(-c2ccc(-c3cc4ccc5cccc6c7cccc8ccc9cccc(c(c3)c4c56)c9c87)c3ccccc23)cc1. The van der Waals surface area contributed by atoms with Crippen LogP contribution in [0.1, 0.15) is 5.82 Å². The number of hydrogen-bond acceptors (Lipinski definition) is 1. The molecule has 0 unspecified atom stereocenters. The maximum absolute atomic E-state index is 4.80. The van der Waals surface area contributed by atoms with E-state index in [1.165, 1.54) is 97.7 Å². The number of fused-ring (bicyclic) bond motifs is 4. The first-order valence-corrected chi connectivity index (χ1v) is 18.7. The Morgan fingerprint density at radius 3 is 1.50 bits per heavy atom. The van der Waals surface area contributed by atoms with Crippen LogP contribution < -0.4 is 0 Å². The van der Waals surface area contributed by atoms with Gasteiger partial charge in [-0.25, -0.2) is 4.98 Å². The standard InChI is InChI=1S/C52H32N2/c1-31-53-47-17-4-5-18-48(47)54(31)38-25-23-32(24-26-38)39-27-28-40(42-13-3-2-12-41(39)42)37-29-36-22-21-35-10-7-15-44-43-14-6-9-33-19-20-34-11-8-16-45(51(34)49(33)43)46(30-37)52(36)50(35)44/h2-30H,1H3. The van der Waals surface area contributed by atoms with Crippen LogP contribution in [0.3, 0.4) is 0 Å². The summed E-state index contributed by atoms with van der Waals surface area (Å²) in [5.74, 6) is 0.987. The monoisotopic (exact) mass is 684 g/mol.